The second kappa shape index (κ2) is 5.76. The van der Waals surface area contributed by atoms with Gasteiger partial charge in [-0.1, -0.05) is 0 Å². The molecule has 8 heteroatoms. The summed E-state index contributed by atoms with van der Waals surface area (Å²) in [6.07, 6.45) is 3.73. The van der Waals surface area contributed by atoms with Gasteiger partial charge in [-0.3, -0.25) is 9.59 Å². The molecule has 1 saturated heterocycles. The molecule has 110 valence electrons. The lowest BCUT2D eigenvalue weighted by molar-refractivity contribution is 0.0922. The second-order valence-electron chi connectivity index (χ2n) is 4.82. The number of aromatic amines is 1. The maximum atomic E-state index is 11.9. The van der Waals surface area contributed by atoms with Crippen LogP contribution in [0.1, 0.15) is 23.2 Å². The number of amides is 1. The molecule has 7 nitrogen and oxygen atoms in total. The Labute approximate surface area is 117 Å². The summed E-state index contributed by atoms with van der Waals surface area (Å²) < 4.78 is 24.1. The van der Waals surface area contributed by atoms with Crippen molar-refractivity contribution in [3.8, 4) is 0 Å². The van der Waals surface area contributed by atoms with E-state index in [0.717, 1.165) is 0 Å². The molecule has 0 aromatic carbocycles. The molecule has 1 aliphatic rings. The van der Waals surface area contributed by atoms with E-state index in [9.17, 15) is 18.0 Å². The van der Waals surface area contributed by atoms with Crippen LogP contribution in [-0.2, 0) is 10.0 Å². The first-order valence-electron chi connectivity index (χ1n) is 6.31. The van der Waals surface area contributed by atoms with Crippen molar-refractivity contribution in [2.24, 2.45) is 0 Å². The predicted molar refractivity (Wildman–Crippen MR) is 74.0 cm³/mol. The van der Waals surface area contributed by atoms with Crippen molar-refractivity contribution in [2.45, 2.75) is 18.9 Å². The molecule has 0 bridgehead atoms. The van der Waals surface area contributed by atoms with E-state index in [2.05, 4.69) is 10.3 Å². The lowest BCUT2D eigenvalue weighted by atomic mass is 10.1. The van der Waals surface area contributed by atoms with Gasteiger partial charge in [-0.2, -0.15) is 0 Å². The Kier molecular flexibility index (Phi) is 4.24. The Hall–Kier alpha value is -1.67. The Morgan fingerprint density at radius 3 is 2.60 bits per heavy atom. The van der Waals surface area contributed by atoms with E-state index in [4.69, 9.17) is 0 Å². The van der Waals surface area contributed by atoms with E-state index in [0.29, 0.717) is 25.9 Å². The van der Waals surface area contributed by atoms with Crippen molar-refractivity contribution in [1.82, 2.24) is 14.6 Å². The number of pyridine rings is 1. The molecule has 1 aromatic heterocycles. The monoisotopic (exact) mass is 299 g/mol. The molecule has 2 heterocycles. The average Bonchev–Trinajstić information content (AvgIpc) is 2.38. The van der Waals surface area contributed by atoms with Crippen LogP contribution >= 0.6 is 0 Å². The molecule has 1 aliphatic heterocycles. The van der Waals surface area contributed by atoms with Crippen molar-refractivity contribution in [1.29, 1.82) is 0 Å². The third-order valence-electron chi connectivity index (χ3n) is 3.32. The summed E-state index contributed by atoms with van der Waals surface area (Å²) in [7, 11) is -3.17. The van der Waals surface area contributed by atoms with Crippen molar-refractivity contribution < 1.29 is 13.2 Å². The number of rotatable bonds is 3. The molecule has 1 aromatic rings. The normalized spacial score (nSPS) is 17.9. The Balaban J connectivity index is 1.95. The highest BCUT2D eigenvalue weighted by molar-refractivity contribution is 7.88. The van der Waals surface area contributed by atoms with Gasteiger partial charge in [-0.25, -0.2) is 12.7 Å². The van der Waals surface area contributed by atoms with E-state index < -0.39 is 21.5 Å². The van der Waals surface area contributed by atoms with Gasteiger partial charge in [-0.05, 0) is 25.0 Å². The van der Waals surface area contributed by atoms with Crippen LogP contribution in [0.5, 0.6) is 0 Å². The predicted octanol–water partition coefficient (Wildman–Crippen LogP) is -0.471. The number of carbonyl (C=O) groups is 1. The highest BCUT2D eigenvalue weighted by Crippen LogP contribution is 2.13. The van der Waals surface area contributed by atoms with Gasteiger partial charge in [0.1, 0.15) is 5.56 Å². The average molecular weight is 299 g/mol. The summed E-state index contributed by atoms with van der Waals surface area (Å²) in [5.41, 5.74) is -0.364. The zero-order valence-corrected chi connectivity index (χ0v) is 11.9. The summed E-state index contributed by atoms with van der Waals surface area (Å²) in [6.45, 7) is 0.768. The SMILES string of the molecule is CS(=O)(=O)N1CCC(NC(=O)c2ccc[nH]c2=O)CC1. The van der Waals surface area contributed by atoms with Crippen molar-refractivity contribution in [2.75, 3.05) is 19.3 Å². The number of nitrogens with one attached hydrogen (secondary N) is 2. The molecule has 0 atom stereocenters. The fourth-order valence-electron chi connectivity index (χ4n) is 2.20. The van der Waals surface area contributed by atoms with Crippen LogP contribution in [-0.4, -0.2) is 49.0 Å². The molecule has 1 fully saturated rings. The van der Waals surface area contributed by atoms with E-state index >= 15 is 0 Å². The molecule has 1 amide bonds. The first-order chi connectivity index (χ1) is 9.38. The quantitative estimate of drug-likeness (QED) is 0.788. The van der Waals surface area contributed by atoms with Crippen molar-refractivity contribution in [3.05, 3.63) is 34.2 Å². The minimum Gasteiger partial charge on any atom is -0.349 e. The summed E-state index contributed by atoms with van der Waals surface area (Å²) in [4.78, 5) is 25.9. The number of sulfonamides is 1. The Morgan fingerprint density at radius 1 is 1.40 bits per heavy atom. The molecule has 2 rings (SSSR count). The lowest BCUT2D eigenvalue weighted by Gasteiger charge is -2.30. The fraction of sp³-hybridized carbons (Fsp3) is 0.500. The molecule has 0 spiro atoms. The van der Waals surface area contributed by atoms with Gasteiger partial charge >= 0.3 is 0 Å². The number of hydrogen-bond acceptors (Lipinski definition) is 4. The van der Waals surface area contributed by atoms with Gasteiger partial charge in [0.15, 0.2) is 0 Å². The number of piperidine rings is 1. The van der Waals surface area contributed by atoms with Crippen LogP contribution in [0.3, 0.4) is 0 Å². The maximum Gasteiger partial charge on any atom is 0.260 e. The number of nitrogens with zero attached hydrogens (tertiary/aromatic N) is 1. The topological polar surface area (TPSA) is 99.3 Å². The third kappa shape index (κ3) is 3.45. The van der Waals surface area contributed by atoms with Gasteiger partial charge in [-0.15, -0.1) is 0 Å². The standard InChI is InChI=1S/C12H17N3O4S/c1-20(18,19)15-7-4-9(5-8-15)14-12(17)10-3-2-6-13-11(10)16/h2-3,6,9H,4-5,7-8H2,1H3,(H,13,16)(H,14,17). The summed E-state index contributed by atoms with van der Waals surface area (Å²) in [6, 6.07) is 2.93. The molecule has 0 unspecified atom stereocenters. The maximum absolute atomic E-state index is 11.9. The molecule has 20 heavy (non-hydrogen) atoms. The molecule has 0 saturated carbocycles. The van der Waals surface area contributed by atoms with E-state index in [1.54, 1.807) is 6.07 Å². The fourth-order valence-corrected chi connectivity index (χ4v) is 3.07. The van der Waals surface area contributed by atoms with Crippen LogP contribution in [0, 0.1) is 0 Å². The van der Waals surface area contributed by atoms with Crippen LogP contribution in [0.4, 0.5) is 0 Å². The first kappa shape index (κ1) is 14.7. The van der Waals surface area contributed by atoms with Crippen LogP contribution in [0.15, 0.2) is 23.1 Å². The molecule has 0 aliphatic carbocycles. The van der Waals surface area contributed by atoms with Gasteiger partial charge < -0.3 is 10.3 Å². The van der Waals surface area contributed by atoms with Crippen LogP contribution in [0.25, 0.3) is 0 Å². The number of carbonyl (C=O) groups excluding carboxylic acids is 1. The summed E-state index contributed by atoms with van der Waals surface area (Å²) >= 11 is 0. The Bertz CT molecular complexity index is 645. The lowest BCUT2D eigenvalue weighted by Crippen LogP contribution is -2.46. The third-order valence-corrected chi connectivity index (χ3v) is 4.62. The molecular weight excluding hydrogens is 282 g/mol. The number of hydrogen-bond donors (Lipinski definition) is 2. The highest BCUT2D eigenvalue weighted by atomic mass is 32.2. The van der Waals surface area contributed by atoms with Gasteiger partial charge in [0, 0.05) is 25.3 Å². The van der Waals surface area contributed by atoms with Gasteiger partial charge in [0.05, 0.1) is 6.26 Å². The Morgan fingerprint density at radius 2 is 2.05 bits per heavy atom. The minimum atomic E-state index is -3.17. The van der Waals surface area contributed by atoms with Crippen LogP contribution < -0.4 is 10.9 Å². The zero-order valence-electron chi connectivity index (χ0n) is 11.1. The first-order valence-corrected chi connectivity index (χ1v) is 8.16. The summed E-state index contributed by atoms with van der Waals surface area (Å²) in [5, 5.41) is 2.77. The van der Waals surface area contributed by atoms with E-state index in [-0.39, 0.29) is 11.6 Å². The van der Waals surface area contributed by atoms with E-state index in [1.165, 1.54) is 22.8 Å². The largest absolute Gasteiger partial charge is 0.349 e. The van der Waals surface area contributed by atoms with Crippen LogP contribution in [0.2, 0.25) is 0 Å². The van der Waals surface area contributed by atoms with E-state index in [1.807, 2.05) is 0 Å². The number of aromatic nitrogens is 1. The summed E-state index contributed by atoms with van der Waals surface area (Å²) in [5.74, 6) is -0.426. The highest BCUT2D eigenvalue weighted by Gasteiger charge is 2.26. The molecule has 2 N–H and O–H groups in total. The molecular formula is C12H17N3O4S. The smallest absolute Gasteiger partial charge is 0.260 e. The number of H-pyrrole nitrogens is 1. The van der Waals surface area contributed by atoms with Gasteiger partial charge in [0.2, 0.25) is 10.0 Å². The van der Waals surface area contributed by atoms with Crippen molar-refractivity contribution >= 4 is 15.9 Å². The van der Waals surface area contributed by atoms with Crippen molar-refractivity contribution in [3.63, 3.8) is 0 Å². The molecule has 0 radical (unpaired) electrons. The van der Waals surface area contributed by atoms with Gasteiger partial charge in [0.25, 0.3) is 11.5 Å². The second-order valence-corrected chi connectivity index (χ2v) is 6.81. The zero-order chi connectivity index (χ0) is 14.8. The minimum absolute atomic E-state index is 0.0676.